The maximum atomic E-state index is 14.8. The van der Waals surface area contributed by atoms with Gasteiger partial charge in [0.25, 0.3) is 5.91 Å². The Hall–Kier alpha value is -4.91. The molecule has 196 valence electrons. The molecule has 0 radical (unpaired) electrons. The Labute approximate surface area is 226 Å². The maximum Gasteiger partial charge on any atom is 0.257 e. The van der Waals surface area contributed by atoms with E-state index in [9.17, 15) is 9.18 Å². The van der Waals surface area contributed by atoms with E-state index in [1.165, 1.54) is 12.1 Å². The molecule has 0 aliphatic heterocycles. The predicted molar refractivity (Wildman–Crippen MR) is 148 cm³/mol. The lowest BCUT2D eigenvalue weighted by molar-refractivity contribution is 0.0724. The molecule has 0 saturated carbocycles. The van der Waals surface area contributed by atoms with E-state index in [4.69, 9.17) is 14.6 Å². The number of aryl methyl sites for hydroxylation is 1. The predicted octanol–water partition coefficient (Wildman–Crippen LogP) is 6.87. The third kappa shape index (κ3) is 5.83. The summed E-state index contributed by atoms with van der Waals surface area (Å²) in [6.07, 6.45) is 0. The number of methoxy groups -OCH3 is 1. The standard InChI is InChI=1S/C32H28FN3O3/c1-35-32(39-26-19-17-25(38-2)18-20-26)28(30(34-35)24-13-7-4-8-14-24)22-36(21-23-11-5-3-6-12-23)31(37)27-15-9-10-16-29(27)33/h3-20H,21-22H2,1-2H3. The fraction of sp³-hybridized carbons (Fsp3) is 0.125. The second kappa shape index (κ2) is 11.6. The second-order valence-corrected chi connectivity index (χ2v) is 9.03. The second-order valence-electron chi connectivity index (χ2n) is 9.03. The van der Waals surface area contributed by atoms with Crippen LogP contribution < -0.4 is 9.47 Å². The Morgan fingerprint density at radius 1 is 0.821 bits per heavy atom. The molecule has 0 aliphatic rings. The van der Waals surface area contributed by atoms with Crippen LogP contribution in [0, 0.1) is 5.82 Å². The summed E-state index contributed by atoms with van der Waals surface area (Å²) < 4.78 is 28.0. The number of rotatable bonds is 9. The van der Waals surface area contributed by atoms with Gasteiger partial charge in [-0.1, -0.05) is 72.8 Å². The minimum atomic E-state index is -0.565. The van der Waals surface area contributed by atoms with Crippen LogP contribution in [-0.2, 0) is 20.1 Å². The first-order valence-electron chi connectivity index (χ1n) is 12.5. The van der Waals surface area contributed by atoms with Crippen LogP contribution in [0.1, 0.15) is 21.5 Å². The molecule has 0 spiro atoms. The summed E-state index contributed by atoms with van der Waals surface area (Å²) in [6, 6.07) is 32.6. The van der Waals surface area contributed by atoms with Crippen LogP contribution in [0.4, 0.5) is 4.39 Å². The Morgan fingerprint density at radius 2 is 1.44 bits per heavy atom. The Kier molecular flexibility index (Phi) is 7.68. The third-order valence-corrected chi connectivity index (χ3v) is 6.37. The van der Waals surface area contributed by atoms with Crippen LogP contribution in [0.5, 0.6) is 17.4 Å². The van der Waals surface area contributed by atoms with Crippen molar-refractivity contribution in [1.82, 2.24) is 14.7 Å². The van der Waals surface area contributed by atoms with Crippen LogP contribution in [0.25, 0.3) is 11.3 Å². The molecule has 0 fully saturated rings. The molecule has 5 aromatic rings. The quantitative estimate of drug-likeness (QED) is 0.212. The van der Waals surface area contributed by atoms with Gasteiger partial charge in [0.15, 0.2) is 0 Å². The zero-order valence-electron chi connectivity index (χ0n) is 21.8. The van der Waals surface area contributed by atoms with Gasteiger partial charge in [-0.25, -0.2) is 9.07 Å². The molecule has 0 unspecified atom stereocenters. The minimum Gasteiger partial charge on any atom is -0.497 e. The van der Waals surface area contributed by atoms with Gasteiger partial charge in [-0.05, 0) is 42.0 Å². The molecule has 4 aromatic carbocycles. The molecule has 7 heteroatoms. The summed E-state index contributed by atoms with van der Waals surface area (Å²) in [6.45, 7) is 0.421. The van der Waals surface area contributed by atoms with Crippen LogP contribution >= 0.6 is 0 Å². The molecule has 0 aliphatic carbocycles. The van der Waals surface area contributed by atoms with E-state index in [1.54, 1.807) is 35.9 Å². The topological polar surface area (TPSA) is 56.6 Å². The van der Waals surface area contributed by atoms with Crippen LogP contribution in [0.2, 0.25) is 0 Å². The van der Waals surface area contributed by atoms with E-state index in [-0.39, 0.29) is 18.7 Å². The SMILES string of the molecule is COc1ccc(Oc2c(CN(Cc3ccccc3)C(=O)c3ccccc3F)c(-c3ccccc3)nn2C)cc1. The van der Waals surface area contributed by atoms with Crippen molar-refractivity contribution in [3.05, 3.63) is 132 Å². The van der Waals surface area contributed by atoms with E-state index in [1.807, 2.05) is 84.9 Å². The summed E-state index contributed by atoms with van der Waals surface area (Å²) in [4.78, 5) is 15.4. The highest BCUT2D eigenvalue weighted by atomic mass is 19.1. The lowest BCUT2D eigenvalue weighted by atomic mass is 10.1. The fourth-order valence-corrected chi connectivity index (χ4v) is 4.41. The van der Waals surface area contributed by atoms with E-state index < -0.39 is 11.7 Å². The monoisotopic (exact) mass is 521 g/mol. The van der Waals surface area contributed by atoms with E-state index in [0.717, 1.165) is 11.1 Å². The molecule has 0 saturated heterocycles. The van der Waals surface area contributed by atoms with Crippen molar-refractivity contribution in [3.63, 3.8) is 0 Å². The first kappa shape index (κ1) is 25.7. The molecular weight excluding hydrogens is 493 g/mol. The smallest absolute Gasteiger partial charge is 0.257 e. The third-order valence-electron chi connectivity index (χ3n) is 6.37. The van der Waals surface area contributed by atoms with Gasteiger partial charge in [0.1, 0.15) is 23.0 Å². The minimum absolute atomic E-state index is 0.0104. The molecule has 39 heavy (non-hydrogen) atoms. The van der Waals surface area contributed by atoms with Crippen molar-refractivity contribution in [1.29, 1.82) is 0 Å². The largest absolute Gasteiger partial charge is 0.497 e. The number of carbonyl (C=O) groups excluding carboxylic acids is 1. The normalized spacial score (nSPS) is 10.7. The summed E-state index contributed by atoms with van der Waals surface area (Å²) in [5.74, 6) is 0.801. The van der Waals surface area contributed by atoms with E-state index >= 15 is 0 Å². The highest BCUT2D eigenvalue weighted by molar-refractivity contribution is 5.94. The Bertz CT molecular complexity index is 1550. The summed E-state index contributed by atoms with van der Waals surface area (Å²) in [5, 5.41) is 4.78. The number of aromatic nitrogens is 2. The first-order chi connectivity index (χ1) is 19.0. The van der Waals surface area contributed by atoms with Crippen molar-refractivity contribution in [3.8, 4) is 28.6 Å². The fourth-order valence-electron chi connectivity index (χ4n) is 4.41. The molecule has 0 bridgehead atoms. The lowest BCUT2D eigenvalue weighted by Crippen LogP contribution is -2.31. The summed E-state index contributed by atoms with van der Waals surface area (Å²) in [7, 11) is 3.41. The van der Waals surface area contributed by atoms with Gasteiger partial charge in [-0.3, -0.25) is 4.79 Å². The van der Waals surface area contributed by atoms with Gasteiger partial charge in [0.05, 0.1) is 24.8 Å². The molecule has 6 nitrogen and oxygen atoms in total. The summed E-state index contributed by atoms with van der Waals surface area (Å²) >= 11 is 0. The number of ether oxygens (including phenoxy) is 2. The van der Waals surface area contributed by atoms with Gasteiger partial charge in [-0.2, -0.15) is 5.10 Å². The van der Waals surface area contributed by atoms with Crippen LogP contribution in [-0.4, -0.2) is 27.7 Å². The number of nitrogens with zero attached hydrogens (tertiary/aromatic N) is 3. The van der Waals surface area contributed by atoms with Gasteiger partial charge in [0.2, 0.25) is 5.88 Å². The van der Waals surface area contributed by atoms with E-state index in [2.05, 4.69) is 0 Å². The number of amides is 1. The zero-order chi connectivity index (χ0) is 27.2. The molecule has 1 heterocycles. The molecule has 1 amide bonds. The average Bonchev–Trinajstić information content (AvgIpc) is 3.28. The van der Waals surface area contributed by atoms with Crippen molar-refractivity contribution < 1.29 is 18.7 Å². The molecular formula is C32H28FN3O3. The maximum absolute atomic E-state index is 14.8. The van der Waals surface area contributed by atoms with Gasteiger partial charge in [-0.15, -0.1) is 0 Å². The molecule has 5 rings (SSSR count). The molecule has 0 N–H and O–H groups in total. The van der Waals surface area contributed by atoms with Gasteiger partial charge < -0.3 is 14.4 Å². The summed E-state index contributed by atoms with van der Waals surface area (Å²) in [5.41, 5.74) is 3.20. The number of benzene rings is 4. The molecule has 1 aromatic heterocycles. The first-order valence-corrected chi connectivity index (χ1v) is 12.5. The lowest BCUT2D eigenvalue weighted by Gasteiger charge is -2.24. The van der Waals surface area contributed by atoms with Crippen molar-refractivity contribution in [2.75, 3.05) is 7.11 Å². The highest BCUT2D eigenvalue weighted by Gasteiger charge is 2.26. The zero-order valence-corrected chi connectivity index (χ0v) is 21.8. The van der Waals surface area contributed by atoms with Crippen LogP contribution in [0.15, 0.2) is 109 Å². The molecule has 0 atom stereocenters. The number of hydrogen-bond acceptors (Lipinski definition) is 4. The number of carbonyl (C=O) groups is 1. The highest BCUT2D eigenvalue weighted by Crippen LogP contribution is 2.35. The van der Waals surface area contributed by atoms with Gasteiger partial charge in [0, 0.05) is 19.2 Å². The van der Waals surface area contributed by atoms with Crippen molar-refractivity contribution in [2.45, 2.75) is 13.1 Å². The number of halogens is 1. The Morgan fingerprint density at radius 3 is 2.10 bits per heavy atom. The Balaban J connectivity index is 1.59. The number of hydrogen-bond donors (Lipinski definition) is 0. The van der Waals surface area contributed by atoms with Crippen molar-refractivity contribution >= 4 is 5.91 Å². The van der Waals surface area contributed by atoms with Crippen LogP contribution in [0.3, 0.4) is 0 Å². The van der Waals surface area contributed by atoms with Crippen molar-refractivity contribution in [2.24, 2.45) is 7.05 Å². The van der Waals surface area contributed by atoms with Gasteiger partial charge >= 0.3 is 0 Å². The average molecular weight is 522 g/mol. The van der Waals surface area contributed by atoms with E-state index in [0.29, 0.717) is 28.6 Å².